The summed E-state index contributed by atoms with van der Waals surface area (Å²) in [5.74, 6) is 0. The average Bonchev–Trinajstić information content (AvgIpc) is 2.14. The molecule has 0 radical (unpaired) electrons. The van der Waals surface area contributed by atoms with Crippen LogP contribution in [0.4, 0.5) is 0 Å². The molecule has 0 aliphatic heterocycles. The van der Waals surface area contributed by atoms with E-state index < -0.39 is 0 Å². The van der Waals surface area contributed by atoms with Crippen molar-refractivity contribution in [2.75, 3.05) is 0 Å². The summed E-state index contributed by atoms with van der Waals surface area (Å²) in [5.41, 5.74) is 0. The van der Waals surface area contributed by atoms with Gasteiger partial charge in [0.15, 0.2) is 0 Å². The Morgan fingerprint density at radius 2 is 2.50 bits per heavy atom. The van der Waals surface area contributed by atoms with Gasteiger partial charge in [-0.1, -0.05) is 22.6 Å². The van der Waals surface area contributed by atoms with E-state index in [0.717, 1.165) is 8.25 Å². The maximum atomic E-state index is 4.03. The van der Waals surface area contributed by atoms with Crippen LogP contribution in [0.15, 0.2) is 12.5 Å². The van der Waals surface area contributed by atoms with Crippen LogP contribution in [0.1, 0.15) is 0 Å². The molecule has 0 bridgehead atoms. The molecule has 0 amide bonds. The van der Waals surface area contributed by atoms with Crippen molar-refractivity contribution in [1.29, 1.82) is 0 Å². The highest BCUT2D eigenvalue weighted by atomic mass is 127. The van der Waals surface area contributed by atoms with Gasteiger partial charge < -0.3 is 4.57 Å². The Hall–Kier alpha value is 0.670. The predicted octanol–water partition coefficient (Wildman–Crippen LogP) is 1.88. The number of nitrogens with zero attached hydrogens (tertiary/aromatic N) is 2. The predicted molar refractivity (Wildman–Crippen MR) is 49.0 cm³/mol. The van der Waals surface area contributed by atoms with Crippen LogP contribution >= 0.6 is 45.2 Å². The molecule has 8 heavy (non-hydrogen) atoms. The fourth-order valence-electron chi connectivity index (χ4n) is 0.398. The minimum absolute atomic E-state index is 0.980. The Bertz CT molecular complexity index is 172. The average molecular weight is 334 g/mol. The first kappa shape index (κ1) is 6.79. The third kappa shape index (κ3) is 1.57. The van der Waals surface area contributed by atoms with Crippen molar-refractivity contribution in [1.82, 2.24) is 9.55 Å². The number of aromatic nitrogens is 2. The fourth-order valence-corrected chi connectivity index (χ4v) is 1.25. The summed E-state index contributed by atoms with van der Waals surface area (Å²) >= 11 is 4.47. The lowest BCUT2D eigenvalue weighted by molar-refractivity contribution is 0.913. The molecule has 4 heteroatoms. The van der Waals surface area contributed by atoms with Crippen LogP contribution in [-0.4, -0.2) is 9.55 Å². The Morgan fingerprint density at radius 3 is 2.75 bits per heavy atom. The second-order valence-corrected chi connectivity index (χ2v) is 3.12. The molecule has 44 valence electrons. The first-order valence-corrected chi connectivity index (χ1v) is 4.66. The molecule has 0 aliphatic carbocycles. The summed E-state index contributed by atoms with van der Waals surface area (Å²) in [5, 5.41) is 0. The topological polar surface area (TPSA) is 17.8 Å². The van der Waals surface area contributed by atoms with E-state index in [-0.39, 0.29) is 0 Å². The second kappa shape index (κ2) is 3.00. The standard InChI is InChI=1S/C4H4I2N2/c5-2-8-1-4(6)7-3-8/h1,3H,2H2. The summed E-state index contributed by atoms with van der Waals surface area (Å²) in [6.07, 6.45) is 3.83. The molecule has 1 aromatic heterocycles. The van der Waals surface area contributed by atoms with Crippen LogP contribution in [0.3, 0.4) is 0 Å². The first-order valence-electron chi connectivity index (χ1n) is 2.06. The van der Waals surface area contributed by atoms with E-state index in [4.69, 9.17) is 0 Å². The Balaban J connectivity index is 2.84. The lowest BCUT2D eigenvalue weighted by atomic mass is 10.9. The van der Waals surface area contributed by atoms with Gasteiger partial charge in [0, 0.05) is 6.20 Å². The first-order chi connectivity index (χ1) is 3.83. The van der Waals surface area contributed by atoms with Crippen LogP contribution in [-0.2, 0) is 4.55 Å². The molecule has 1 heterocycles. The third-order valence-corrected chi connectivity index (χ3v) is 2.08. The van der Waals surface area contributed by atoms with Crippen LogP contribution in [0.2, 0.25) is 0 Å². The molecular formula is C4H4I2N2. The monoisotopic (exact) mass is 334 g/mol. The molecule has 0 aliphatic rings. The molecule has 0 spiro atoms. The molecule has 0 fully saturated rings. The van der Waals surface area contributed by atoms with Gasteiger partial charge in [0.2, 0.25) is 0 Å². The molecule has 1 rings (SSSR count). The Kier molecular flexibility index (Phi) is 2.54. The van der Waals surface area contributed by atoms with E-state index in [1.807, 2.05) is 17.1 Å². The zero-order valence-corrected chi connectivity index (χ0v) is 8.33. The van der Waals surface area contributed by atoms with Crippen molar-refractivity contribution in [2.45, 2.75) is 4.55 Å². The summed E-state index contributed by atoms with van der Waals surface area (Å²) in [6, 6.07) is 0. The molecule has 2 nitrogen and oxygen atoms in total. The third-order valence-electron chi connectivity index (χ3n) is 0.740. The lowest BCUT2D eigenvalue weighted by Crippen LogP contribution is -1.82. The highest BCUT2D eigenvalue weighted by Crippen LogP contribution is 2.00. The smallest absolute Gasteiger partial charge is 0.119 e. The summed E-state index contributed by atoms with van der Waals surface area (Å²) in [4.78, 5) is 4.03. The summed E-state index contributed by atoms with van der Waals surface area (Å²) < 4.78 is 4.06. The zero-order chi connectivity index (χ0) is 5.98. The molecule has 1 aromatic rings. The number of hydrogen-bond acceptors (Lipinski definition) is 1. The van der Waals surface area contributed by atoms with Crippen LogP contribution in [0.5, 0.6) is 0 Å². The van der Waals surface area contributed by atoms with E-state index in [1.165, 1.54) is 0 Å². The van der Waals surface area contributed by atoms with Gasteiger partial charge in [-0.05, 0) is 22.6 Å². The number of hydrogen-bond donors (Lipinski definition) is 0. The summed E-state index contributed by atoms with van der Waals surface area (Å²) in [6.45, 7) is 0. The maximum Gasteiger partial charge on any atom is 0.119 e. The zero-order valence-electron chi connectivity index (χ0n) is 4.01. The molecule has 0 saturated heterocycles. The highest BCUT2D eigenvalue weighted by molar-refractivity contribution is 14.1. The highest BCUT2D eigenvalue weighted by Gasteiger charge is 1.88. The molecule has 0 N–H and O–H groups in total. The molecule has 0 aromatic carbocycles. The van der Waals surface area contributed by atoms with Crippen molar-refractivity contribution < 1.29 is 0 Å². The molecule has 0 saturated carbocycles. The van der Waals surface area contributed by atoms with Crippen LogP contribution in [0.25, 0.3) is 0 Å². The molecular weight excluding hydrogens is 330 g/mol. The van der Waals surface area contributed by atoms with Gasteiger partial charge >= 0.3 is 0 Å². The van der Waals surface area contributed by atoms with Gasteiger partial charge in [0.1, 0.15) is 3.70 Å². The van der Waals surface area contributed by atoms with E-state index in [2.05, 4.69) is 50.2 Å². The van der Waals surface area contributed by atoms with Crippen LogP contribution < -0.4 is 0 Å². The number of rotatable bonds is 1. The van der Waals surface area contributed by atoms with E-state index in [1.54, 1.807) is 0 Å². The van der Waals surface area contributed by atoms with Gasteiger partial charge in [0.05, 0.1) is 10.9 Å². The van der Waals surface area contributed by atoms with Gasteiger partial charge in [-0.25, -0.2) is 4.98 Å². The fraction of sp³-hybridized carbons (Fsp3) is 0.250. The van der Waals surface area contributed by atoms with Gasteiger partial charge in [-0.2, -0.15) is 0 Å². The van der Waals surface area contributed by atoms with Crippen molar-refractivity contribution in [3.63, 3.8) is 0 Å². The minimum Gasteiger partial charge on any atom is -0.327 e. The van der Waals surface area contributed by atoms with E-state index >= 15 is 0 Å². The van der Waals surface area contributed by atoms with Crippen molar-refractivity contribution in [2.24, 2.45) is 0 Å². The minimum atomic E-state index is 0.980. The maximum absolute atomic E-state index is 4.03. The number of alkyl halides is 1. The van der Waals surface area contributed by atoms with Crippen molar-refractivity contribution in [3.05, 3.63) is 16.2 Å². The largest absolute Gasteiger partial charge is 0.327 e. The normalized spacial score (nSPS) is 9.75. The van der Waals surface area contributed by atoms with Crippen molar-refractivity contribution in [3.8, 4) is 0 Å². The van der Waals surface area contributed by atoms with Gasteiger partial charge in [0.25, 0.3) is 0 Å². The Morgan fingerprint density at radius 1 is 1.75 bits per heavy atom. The number of halogens is 2. The van der Waals surface area contributed by atoms with Gasteiger partial charge in [-0.3, -0.25) is 0 Å². The van der Waals surface area contributed by atoms with Crippen molar-refractivity contribution >= 4 is 45.2 Å². The van der Waals surface area contributed by atoms with Gasteiger partial charge in [-0.15, -0.1) is 0 Å². The SMILES string of the molecule is ICn1cnc(I)c1. The number of imidazole rings is 1. The van der Waals surface area contributed by atoms with E-state index in [9.17, 15) is 0 Å². The summed E-state index contributed by atoms with van der Waals surface area (Å²) in [7, 11) is 0. The Labute approximate surface area is 75.0 Å². The molecule has 0 atom stereocenters. The lowest BCUT2D eigenvalue weighted by Gasteiger charge is -1.86. The second-order valence-electron chi connectivity index (χ2n) is 1.33. The molecule has 0 unspecified atom stereocenters. The van der Waals surface area contributed by atoms with E-state index in [0.29, 0.717) is 0 Å². The van der Waals surface area contributed by atoms with Crippen LogP contribution in [0, 0.1) is 3.70 Å². The quantitative estimate of drug-likeness (QED) is 0.567.